The summed E-state index contributed by atoms with van der Waals surface area (Å²) in [6.45, 7) is 5.18. The Morgan fingerprint density at radius 3 is 2.83 bits per heavy atom. The maximum Gasteiger partial charge on any atom is 0.222 e. The highest BCUT2D eigenvalue weighted by atomic mass is 16.2. The van der Waals surface area contributed by atoms with Crippen molar-refractivity contribution in [2.75, 3.05) is 27.2 Å². The first-order chi connectivity index (χ1) is 5.72. The van der Waals surface area contributed by atoms with Crippen LogP contribution in [0.25, 0.3) is 0 Å². The van der Waals surface area contributed by atoms with Crippen LogP contribution in [-0.2, 0) is 4.79 Å². The standard InChI is InChI=1S/C9H18N2O/c1-4-5-6-9(12)11(3)8-7-10-2/h4,10H,1,5-8H2,2-3H3. The van der Waals surface area contributed by atoms with Gasteiger partial charge in [0, 0.05) is 26.6 Å². The van der Waals surface area contributed by atoms with Crippen LogP contribution in [-0.4, -0.2) is 38.0 Å². The number of nitrogens with zero attached hydrogens (tertiary/aromatic N) is 1. The number of carbonyl (C=O) groups is 1. The van der Waals surface area contributed by atoms with Gasteiger partial charge in [0.25, 0.3) is 0 Å². The lowest BCUT2D eigenvalue weighted by molar-refractivity contribution is -0.129. The molecule has 0 heterocycles. The van der Waals surface area contributed by atoms with Gasteiger partial charge in [0.2, 0.25) is 5.91 Å². The Morgan fingerprint density at radius 1 is 1.67 bits per heavy atom. The van der Waals surface area contributed by atoms with Crippen molar-refractivity contribution in [2.24, 2.45) is 0 Å². The molecule has 3 heteroatoms. The average molecular weight is 170 g/mol. The molecule has 0 saturated carbocycles. The van der Waals surface area contributed by atoms with Crippen molar-refractivity contribution in [1.82, 2.24) is 10.2 Å². The summed E-state index contributed by atoms with van der Waals surface area (Å²) in [7, 11) is 3.70. The zero-order chi connectivity index (χ0) is 9.40. The van der Waals surface area contributed by atoms with Gasteiger partial charge in [-0.05, 0) is 13.5 Å². The second kappa shape index (κ2) is 6.85. The van der Waals surface area contributed by atoms with E-state index < -0.39 is 0 Å². The molecular weight excluding hydrogens is 152 g/mol. The first-order valence-corrected chi connectivity index (χ1v) is 4.21. The Morgan fingerprint density at radius 2 is 2.33 bits per heavy atom. The van der Waals surface area contributed by atoms with E-state index in [1.807, 2.05) is 14.1 Å². The highest BCUT2D eigenvalue weighted by Crippen LogP contribution is 1.94. The van der Waals surface area contributed by atoms with E-state index in [0.717, 1.165) is 19.5 Å². The predicted octanol–water partition coefficient (Wildman–Crippen LogP) is 0.630. The lowest BCUT2D eigenvalue weighted by Crippen LogP contribution is -2.32. The fraction of sp³-hybridized carbons (Fsp3) is 0.667. The molecule has 0 unspecified atom stereocenters. The number of carbonyl (C=O) groups excluding carboxylic acids is 1. The van der Waals surface area contributed by atoms with Crippen molar-refractivity contribution in [3.05, 3.63) is 12.7 Å². The number of amides is 1. The van der Waals surface area contributed by atoms with E-state index in [1.54, 1.807) is 11.0 Å². The smallest absolute Gasteiger partial charge is 0.222 e. The van der Waals surface area contributed by atoms with Gasteiger partial charge in [0.15, 0.2) is 0 Å². The molecule has 0 saturated heterocycles. The normalized spacial score (nSPS) is 9.50. The first kappa shape index (κ1) is 11.2. The highest BCUT2D eigenvalue weighted by Gasteiger charge is 2.05. The number of likely N-dealkylation sites (N-methyl/N-ethyl adjacent to an activating group) is 2. The second-order valence-corrected chi connectivity index (χ2v) is 2.75. The minimum absolute atomic E-state index is 0.185. The highest BCUT2D eigenvalue weighted by molar-refractivity contribution is 5.75. The average Bonchev–Trinajstić information content (AvgIpc) is 2.10. The van der Waals surface area contributed by atoms with Crippen LogP contribution in [0.1, 0.15) is 12.8 Å². The fourth-order valence-electron chi connectivity index (χ4n) is 0.821. The SMILES string of the molecule is C=CCCC(=O)N(C)CCNC. The summed E-state index contributed by atoms with van der Waals surface area (Å²) in [6.07, 6.45) is 3.11. The zero-order valence-corrected chi connectivity index (χ0v) is 7.97. The summed E-state index contributed by atoms with van der Waals surface area (Å²) >= 11 is 0. The molecular formula is C9H18N2O. The maximum atomic E-state index is 11.3. The zero-order valence-electron chi connectivity index (χ0n) is 7.97. The van der Waals surface area contributed by atoms with Gasteiger partial charge in [-0.1, -0.05) is 6.08 Å². The van der Waals surface area contributed by atoms with Gasteiger partial charge >= 0.3 is 0 Å². The third-order valence-electron chi connectivity index (χ3n) is 1.69. The molecule has 1 amide bonds. The van der Waals surface area contributed by atoms with Gasteiger partial charge in [-0.2, -0.15) is 0 Å². The second-order valence-electron chi connectivity index (χ2n) is 2.75. The number of hydrogen-bond acceptors (Lipinski definition) is 2. The summed E-state index contributed by atoms with van der Waals surface area (Å²) in [5, 5.41) is 3.00. The van der Waals surface area contributed by atoms with Crippen LogP contribution in [0.3, 0.4) is 0 Å². The topological polar surface area (TPSA) is 32.3 Å². The van der Waals surface area contributed by atoms with Gasteiger partial charge < -0.3 is 10.2 Å². The van der Waals surface area contributed by atoms with Crippen molar-refractivity contribution in [1.29, 1.82) is 0 Å². The molecule has 0 spiro atoms. The molecule has 0 aliphatic heterocycles. The van der Waals surface area contributed by atoms with Crippen molar-refractivity contribution in [3.8, 4) is 0 Å². The van der Waals surface area contributed by atoms with Crippen molar-refractivity contribution in [2.45, 2.75) is 12.8 Å². The van der Waals surface area contributed by atoms with Crippen LogP contribution in [0.15, 0.2) is 12.7 Å². The molecule has 0 atom stereocenters. The Balaban J connectivity index is 3.53. The van der Waals surface area contributed by atoms with E-state index >= 15 is 0 Å². The van der Waals surface area contributed by atoms with E-state index in [0.29, 0.717) is 6.42 Å². The van der Waals surface area contributed by atoms with Crippen molar-refractivity contribution >= 4 is 5.91 Å². The lowest BCUT2D eigenvalue weighted by atomic mass is 10.3. The minimum atomic E-state index is 0.185. The van der Waals surface area contributed by atoms with Gasteiger partial charge in [0.05, 0.1) is 0 Å². The molecule has 0 bridgehead atoms. The summed E-state index contributed by atoms with van der Waals surface area (Å²) in [5.41, 5.74) is 0. The Bertz CT molecular complexity index is 145. The molecule has 1 N–H and O–H groups in total. The Hall–Kier alpha value is -0.830. The molecule has 0 rings (SSSR count). The summed E-state index contributed by atoms with van der Waals surface area (Å²) in [4.78, 5) is 13.0. The quantitative estimate of drug-likeness (QED) is 0.593. The fourth-order valence-corrected chi connectivity index (χ4v) is 0.821. The van der Waals surface area contributed by atoms with E-state index in [9.17, 15) is 4.79 Å². The number of nitrogens with one attached hydrogen (secondary N) is 1. The number of allylic oxidation sites excluding steroid dienone is 1. The number of rotatable bonds is 6. The molecule has 0 aromatic carbocycles. The van der Waals surface area contributed by atoms with Crippen LogP contribution in [0.5, 0.6) is 0 Å². The van der Waals surface area contributed by atoms with Crippen LogP contribution in [0.2, 0.25) is 0 Å². The predicted molar refractivity (Wildman–Crippen MR) is 51.0 cm³/mol. The van der Waals surface area contributed by atoms with E-state index in [2.05, 4.69) is 11.9 Å². The molecule has 0 aliphatic rings. The van der Waals surface area contributed by atoms with Crippen LogP contribution in [0.4, 0.5) is 0 Å². The van der Waals surface area contributed by atoms with Gasteiger partial charge in [-0.25, -0.2) is 0 Å². The molecule has 0 aromatic heterocycles. The monoisotopic (exact) mass is 170 g/mol. The minimum Gasteiger partial charge on any atom is -0.344 e. The molecule has 0 radical (unpaired) electrons. The summed E-state index contributed by atoms with van der Waals surface area (Å²) in [5.74, 6) is 0.185. The van der Waals surface area contributed by atoms with E-state index in [1.165, 1.54) is 0 Å². The largest absolute Gasteiger partial charge is 0.344 e. The Labute approximate surface area is 74.4 Å². The van der Waals surface area contributed by atoms with Crippen LogP contribution >= 0.6 is 0 Å². The van der Waals surface area contributed by atoms with Gasteiger partial charge in [-0.15, -0.1) is 6.58 Å². The molecule has 0 fully saturated rings. The molecule has 70 valence electrons. The van der Waals surface area contributed by atoms with E-state index in [4.69, 9.17) is 0 Å². The summed E-state index contributed by atoms with van der Waals surface area (Å²) in [6, 6.07) is 0. The molecule has 12 heavy (non-hydrogen) atoms. The molecule has 0 aliphatic carbocycles. The third kappa shape index (κ3) is 4.91. The number of hydrogen-bond donors (Lipinski definition) is 1. The van der Waals surface area contributed by atoms with Gasteiger partial charge in [-0.3, -0.25) is 4.79 Å². The van der Waals surface area contributed by atoms with E-state index in [-0.39, 0.29) is 5.91 Å². The van der Waals surface area contributed by atoms with Crippen molar-refractivity contribution < 1.29 is 4.79 Å². The molecule has 3 nitrogen and oxygen atoms in total. The molecule has 0 aromatic rings. The van der Waals surface area contributed by atoms with Crippen molar-refractivity contribution in [3.63, 3.8) is 0 Å². The maximum absolute atomic E-state index is 11.3. The van der Waals surface area contributed by atoms with Gasteiger partial charge in [0.1, 0.15) is 0 Å². The first-order valence-electron chi connectivity index (χ1n) is 4.21. The Kier molecular flexibility index (Phi) is 6.38. The lowest BCUT2D eigenvalue weighted by Gasteiger charge is -2.16. The van der Waals surface area contributed by atoms with Crippen LogP contribution in [0, 0.1) is 0 Å². The van der Waals surface area contributed by atoms with Crippen LogP contribution < -0.4 is 5.32 Å². The summed E-state index contributed by atoms with van der Waals surface area (Å²) < 4.78 is 0. The third-order valence-corrected chi connectivity index (χ3v) is 1.69.